The maximum absolute atomic E-state index is 12.9. The van der Waals surface area contributed by atoms with Crippen molar-refractivity contribution >= 4 is 23.3 Å². The van der Waals surface area contributed by atoms with Gasteiger partial charge in [0.05, 0.1) is 35.1 Å². The first-order chi connectivity index (χ1) is 14.4. The quantitative estimate of drug-likeness (QED) is 0.452. The van der Waals surface area contributed by atoms with E-state index in [4.69, 9.17) is 10.4 Å². The monoisotopic (exact) mass is 405 g/mol. The highest BCUT2D eigenvalue weighted by Crippen LogP contribution is 2.26. The van der Waals surface area contributed by atoms with Crippen molar-refractivity contribution in [3.05, 3.63) is 76.0 Å². The summed E-state index contributed by atoms with van der Waals surface area (Å²) in [6.45, 7) is 0.249. The first-order valence-electron chi connectivity index (χ1n) is 8.73. The summed E-state index contributed by atoms with van der Waals surface area (Å²) in [7, 11) is 0. The van der Waals surface area contributed by atoms with Gasteiger partial charge in [-0.3, -0.25) is 19.6 Å². The number of nitrogens with zero attached hydrogens (tertiary/aromatic N) is 4. The molecular formula is C20H15N5O5. The number of hydrogen-bond donors (Lipinski definition) is 2. The van der Waals surface area contributed by atoms with Gasteiger partial charge in [0, 0.05) is 29.6 Å². The molecule has 10 nitrogen and oxygen atoms in total. The van der Waals surface area contributed by atoms with Crippen LogP contribution >= 0.6 is 0 Å². The molecule has 0 aliphatic heterocycles. The highest BCUT2D eigenvalue weighted by Gasteiger charge is 2.20. The van der Waals surface area contributed by atoms with Crippen LogP contribution < -0.4 is 5.32 Å². The summed E-state index contributed by atoms with van der Waals surface area (Å²) in [6.07, 6.45) is 1.64. The van der Waals surface area contributed by atoms with Gasteiger partial charge < -0.3 is 10.4 Å². The van der Waals surface area contributed by atoms with Crippen molar-refractivity contribution in [1.29, 1.82) is 5.26 Å². The number of benzene rings is 2. The van der Waals surface area contributed by atoms with Crippen LogP contribution in [0.25, 0.3) is 11.3 Å². The molecule has 1 aromatic heterocycles. The Hall–Kier alpha value is -4.52. The van der Waals surface area contributed by atoms with Crippen LogP contribution in [0.2, 0.25) is 0 Å². The fourth-order valence-corrected chi connectivity index (χ4v) is 2.74. The molecule has 1 heterocycles. The van der Waals surface area contributed by atoms with E-state index in [1.807, 2.05) is 6.07 Å². The highest BCUT2D eigenvalue weighted by molar-refractivity contribution is 6.08. The van der Waals surface area contributed by atoms with Gasteiger partial charge in [-0.2, -0.15) is 10.4 Å². The third-order valence-electron chi connectivity index (χ3n) is 4.18. The normalized spacial score (nSPS) is 10.2. The second-order valence-corrected chi connectivity index (χ2v) is 6.21. The lowest BCUT2D eigenvalue weighted by Gasteiger charge is -2.06. The fourth-order valence-electron chi connectivity index (χ4n) is 2.74. The number of nitro groups is 1. The molecule has 150 valence electrons. The molecule has 0 fully saturated rings. The summed E-state index contributed by atoms with van der Waals surface area (Å²) in [5.41, 5.74) is 1.09. The summed E-state index contributed by atoms with van der Waals surface area (Å²) in [6, 6.07) is 13.4. The number of anilines is 1. The van der Waals surface area contributed by atoms with Gasteiger partial charge in [0.1, 0.15) is 5.69 Å². The Morgan fingerprint density at radius 1 is 1.23 bits per heavy atom. The lowest BCUT2D eigenvalue weighted by molar-refractivity contribution is -0.384. The minimum absolute atomic E-state index is 0.0783. The molecule has 0 spiro atoms. The molecule has 3 aromatic rings. The van der Waals surface area contributed by atoms with Crippen molar-refractivity contribution in [1.82, 2.24) is 9.78 Å². The van der Waals surface area contributed by atoms with Gasteiger partial charge in [-0.15, -0.1) is 0 Å². The molecule has 2 N–H and O–H groups in total. The summed E-state index contributed by atoms with van der Waals surface area (Å²) >= 11 is 0. The van der Waals surface area contributed by atoms with Gasteiger partial charge >= 0.3 is 5.97 Å². The van der Waals surface area contributed by atoms with Gasteiger partial charge in [-0.05, 0) is 24.3 Å². The van der Waals surface area contributed by atoms with Gasteiger partial charge in [0.25, 0.3) is 11.6 Å². The number of non-ortho nitro benzene ring substituents is 1. The zero-order chi connectivity index (χ0) is 21.7. The zero-order valence-electron chi connectivity index (χ0n) is 15.5. The third kappa shape index (κ3) is 4.48. The average molecular weight is 405 g/mol. The Labute approximate surface area is 170 Å². The molecule has 0 saturated carbocycles. The number of rotatable bonds is 7. The molecule has 30 heavy (non-hydrogen) atoms. The molecule has 0 saturated heterocycles. The third-order valence-corrected chi connectivity index (χ3v) is 4.18. The minimum Gasteiger partial charge on any atom is -0.478 e. The van der Waals surface area contributed by atoms with Crippen LogP contribution in [0.5, 0.6) is 0 Å². The maximum atomic E-state index is 12.9. The second kappa shape index (κ2) is 8.66. The van der Waals surface area contributed by atoms with Crippen LogP contribution in [0.1, 0.15) is 27.1 Å². The second-order valence-electron chi connectivity index (χ2n) is 6.21. The minimum atomic E-state index is -1.08. The molecular weight excluding hydrogens is 390 g/mol. The number of carbonyl (C=O) groups excluding carboxylic acids is 1. The standard InChI is InChI=1S/C20H15N5O5/c21-9-2-10-24-12-17(18(23-24)14-3-1-4-16(11-14)25(29)30)19(26)22-15-7-5-13(6-8-15)20(27)28/h1,3-8,11-12H,2,10H2,(H,22,26)(H,27,28). The molecule has 0 bridgehead atoms. The SMILES string of the molecule is N#CCCn1cc(C(=O)Nc2ccc(C(=O)O)cc2)c(-c2cccc([N+](=O)[O-])c2)n1. The van der Waals surface area contributed by atoms with Crippen LogP contribution in [0.4, 0.5) is 11.4 Å². The predicted molar refractivity (Wildman–Crippen MR) is 106 cm³/mol. The molecule has 3 rings (SSSR count). The van der Waals surface area contributed by atoms with E-state index in [1.165, 1.54) is 53.3 Å². The van der Waals surface area contributed by atoms with Crippen LogP contribution in [0, 0.1) is 21.4 Å². The summed E-state index contributed by atoms with van der Waals surface area (Å²) in [5.74, 6) is -1.61. The number of aromatic carboxylic acids is 1. The number of hydrogen-bond acceptors (Lipinski definition) is 6. The summed E-state index contributed by atoms with van der Waals surface area (Å²) < 4.78 is 1.43. The van der Waals surface area contributed by atoms with Crippen LogP contribution in [0.3, 0.4) is 0 Å². The van der Waals surface area contributed by atoms with Crippen LogP contribution in [0.15, 0.2) is 54.7 Å². The van der Waals surface area contributed by atoms with E-state index in [9.17, 15) is 19.7 Å². The molecule has 0 aliphatic carbocycles. The van der Waals surface area contributed by atoms with Crippen molar-refractivity contribution in [2.24, 2.45) is 0 Å². The number of amides is 1. The van der Waals surface area contributed by atoms with Crippen LogP contribution in [-0.4, -0.2) is 31.7 Å². The Morgan fingerprint density at radius 3 is 2.60 bits per heavy atom. The van der Waals surface area contributed by atoms with E-state index < -0.39 is 16.8 Å². The number of nitrogens with one attached hydrogen (secondary N) is 1. The topological polar surface area (TPSA) is 151 Å². The Kier molecular flexibility index (Phi) is 5.84. The fraction of sp³-hybridized carbons (Fsp3) is 0.100. The van der Waals surface area contributed by atoms with E-state index in [0.29, 0.717) is 11.3 Å². The molecule has 10 heteroatoms. The largest absolute Gasteiger partial charge is 0.478 e. The van der Waals surface area contributed by atoms with E-state index in [0.717, 1.165) is 0 Å². The van der Waals surface area contributed by atoms with Gasteiger partial charge in [0.2, 0.25) is 0 Å². The molecule has 1 amide bonds. The average Bonchev–Trinajstić information content (AvgIpc) is 3.17. The number of carboxylic acid groups (broad SMARTS) is 1. The first kappa shape index (κ1) is 20.2. The Balaban J connectivity index is 1.96. The molecule has 0 radical (unpaired) electrons. The number of carboxylic acids is 1. The van der Waals surface area contributed by atoms with Gasteiger partial charge in [0.15, 0.2) is 0 Å². The lowest BCUT2D eigenvalue weighted by atomic mass is 10.1. The molecule has 2 aromatic carbocycles. The summed E-state index contributed by atoms with van der Waals surface area (Å²) in [5, 5.41) is 35.8. The van der Waals surface area contributed by atoms with Gasteiger partial charge in [-0.1, -0.05) is 12.1 Å². The predicted octanol–water partition coefficient (Wildman–Crippen LogP) is 3.32. The Bertz CT molecular complexity index is 1160. The Morgan fingerprint density at radius 2 is 1.97 bits per heavy atom. The number of aryl methyl sites for hydroxylation is 1. The van der Waals surface area contributed by atoms with E-state index in [1.54, 1.807) is 6.07 Å². The first-order valence-corrected chi connectivity index (χ1v) is 8.73. The molecule has 0 unspecified atom stereocenters. The van der Waals surface area contributed by atoms with Crippen molar-refractivity contribution in [2.45, 2.75) is 13.0 Å². The molecule has 0 atom stereocenters. The van der Waals surface area contributed by atoms with Crippen molar-refractivity contribution < 1.29 is 19.6 Å². The van der Waals surface area contributed by atoms with Crippen molar-refractivity contribution in [2.75, 3.05) is 5.32 Å². The molecule has 0 aliphatic rings. The zero-order valence-corrected chi connectivity index (χ0v) is 15.5. The highest BCUT2D eigenvalue weighted by atomic mass is 16.6. The van der Waals surface area contributed by atoms with Crippen molar-refractivity contribution in [3.8, 4) is 17.3 Å². The lowest BCUT2D eigenvalue weighted by Crippen LogP contribution is -2.12. The number of aromatic nitrogens is 2. The van der Waals surface area contributed by atoms with Crippen molar-refractivity contribution in [3.63, 3.8) is 0 Å². The maximum Gasteiger partial charge on any atom is 0.335 e. The van der Waals surface area contributed by atoms with Gasteiger partial charge in [-0.25, -0.2) is 4.79 Å². The van der Waals surface area contributed by atoms with E-state index in [-0.39, 0.29) is 35.5 Å². The smallest absolute Gasteiger partial charge is 0.335 e. The van der Waals surface area contributed by atoms with E-state index in [2.05, 4.69) is 10.4 Å². The summed E-state index contributed by atoms with van der Waals surface area (Å²) in [4.78, 5) is 34.4. The number of nitriles is 1. The van der Waals surface area contributed by atoms with Crippen LogP contribution in [-0.2, 0) is 6.54 Å². The number of nitro benzene ring substituents is 1. The number of carbonyl (C=O) groups is 2. The van der Waals surface area contributed by atoms with E-state index >= 15 is 0 Å².